The Bertz CT molecular complexity index is 485. The van der Waals surface area contributed by atoms with Crippen molar-refractivity contribution in [2.24, 2.45) is 4.99 Å². The highest BCUT2D eigenvalue weighted by atomic mass is 15.1. The zero-order chi connectivity index (χ0) is 10.5. The van der Waals surface area contributed by atoms with Crippen molar-refractivity contribution in [2.45, 2.75) is 6.54 Å². The van der Waals surface area contributed by atoms with Crippen LogP contribution in [0.1, 0.15) is 5.56 Å². The largest absolute Gasteiger partial charge is 0.313 e. The first-order valence-electron chi connectivity index (χ1n) is 4.88. The Morgan fingerprint density at radius 1 is 1.20 bits per heavy atom. The van der Waals surface area contributed by atoms with Crippen molar-refractivity contribution in [1.82, 2.24) is 9.55 Å². The molecule has 1 aromatic carbocycles. The molecule has 0 fully saturated rings. The molecule has 0 aliphatic heterocycles. The van der Waals surface area contributed by atoms with Gasteiger partial charge in [0, 0.05) is 19.4 Å². The maximum Gasteiger partial charge on any atom is 0.224 e. The molecule has 0 N–H and O–H groups in total. The molecular formula is C12H13N3. The van der Waals surface area contributed by atoms with E-state index in [9.17, 15) is 0 Å². The van der Waals surface area contributed by atoms with Crippen LogP contribution in [0.5, 0.6) is 0 Å². The topological polar surface area (TPSA) is 30.2 Å². The molecule has 2 rings (SSSR count). The van der Waals surface area contributed by atoms with Gasteiger partial charge in [0.2, 0.25) is 5.62 Å². The minimum atomic E-state index is 0.751. The molecule has 0 saturated carbocycles. The van der Waals surface area contributed by atoms with Crippen LogP contribution in [0.25, 0.3) is 0 Å². The first kappa shape index (κ1) is 9.65. The summed E-state index contributed by atoms with van der Waals surface area (Å²) < 4.78 is 2.02. The lowest BCUT2D eigenvalue weighted by atomic mass is 10.2. The van der Waals surface area contributed by atoms with Gasteiger partial charge in [0.1, 0.15) is 0 Å². The van der Waals surface area contributed by atoms with Crippen LogP contribution in [-0.2, 0) is 6.54 Å². The number of aromatic nitrogens is 2. The molecule has 0 spiro atoms. The zero-order valence-electron chi connectivity index (χ0n) is 8.67. The molecular weight excluding hydrogens is 186 g/mol. The zero-order valence-corrected chi connectivity index (χ0v) is 8.67. The second-order valence-electron chi connectivity index (χ2n) is 3.26. The second kappa shape index (κ2) is 4.55. The molecule has 0 aliphatic carbocycles. The fourth-order valence-electron chi connectivity index (χ4n) is 1.48. The maximum atomic E-state index is 4.19. The Labute approximate surface area is 88.8 Å². The van der Waals surface area contributed by atoms with Crippen LogP contribution in [0.4, 0.5) is 0 Å². The van der Waals surface area contributed by atoms with Crippen molar-refractivity contribution in [3.05, 3.63) is 60.0 Å². The average Bonchev–Trinajstić information content (AvgIpc) is 2.31. The minimum Gasteiger partial charge on any atom is -0.313 e. The van der Waals surface area contributed by atoms with Gasteiger partial charge >= 0.3 is 0 Å². The number of benzene rings is 1. The predicted octanol–water partition coefficient (Wildman–Crippen LogP) is 1.46. The highest BCUT2D eigenvalue weighted by Gasteiger charge is 1.94. The number of hydrogen-bond acceptors (Lipinski definition) is 2. The van der Waals surface area contributed by atoms with E-state index in [4.69, 9.17) is 0 Å². The van der Waals surface area contributed by atoms with Crippen molar-refractivity contribution in [3.8, 4) is 0 Å². The van der Waals surface area contributed by atoms with Crippen LogP contribution in [-0.4, -0.2) is 16.6 Å². The Hall–Kier alpha value is -1.90. The minimum absolute atomic E-state index is 0.751. The molecule has 0 bridgehead atoms. The summed E-state index contributed by atoms with van der Waals surface area (Å²) in [5.41, 5.74) is 2.00. The predicted molar refractivity (Wildman–Crippen MR) is 59.3 cm³/mol. The summed E-state index contributed by atoms with van der Waals surface area (Å²) in [7, 11) is 1.75. The summed E-state index contributed by atoms with van der Waals surface area (Å²) in [6.45, 7) is 0.807. The van der Waals surface area contributed by atoms with Gasteiger partial charge in [-0.3, -0.25) is 4.99 Å². The standard InChI is InChI=1S/C12H13N3/c1-13-12-14-8-5-9-15(12)10-11-6-3-2-4-7-11/h2-9H,10H2,1H3. The van der Waals surface area contributed by atoms with Gasteiger partial charge in [0.05, 0.1) is 6.54 Å². The van der Waals surface area contributed by atoms with E-state index >= 15 is 0 Å². The summed E-state index contributed by atoms with van der Waals surface area (Å²) in [6.07, 6.45) is 3.74. The van der Waals surface area contributed by atoms with Crippen molar-refractivity contribution >= 4 is 0 Å². The Morgan fingerprint density at radius 2 is 2.00 bits per heavy atom. The van der Waals surface area contributed by atoms with E-state index in [0.29, 0.717) is 0 Å². The Balaban J connectivity index is 2.33. The smallest absolute Gasteiger partial charge is 0.224 e. The van der Waals surface area contributed by atoms with E-state index in [1.165, 1.54) is 5.56 Å². The third kappa shape index (κ3) is 2.31. The van der Waals surface area contributed by atoms with Crippen molar-refractivity contribution in [1.29, 1.82) is 0 Å². The van der Waals surface area contributed by atoms with Crippen LogP contribution < -0.4 is 5.62 Å². The van der Waals surface area contributed by atoms with E-state index in [1.807, 2.05) is 35.0 Å². The normalized spacial score (nSPS) is 11.7. The van der Waals surface area contributed by atoms with Gasteiger partial charge in [-0.1, -0.05) is 30.3 Å². The van der Waals surface area contributed by atoms with E-state index in [-0.39, 0.29) is 0 Å². The molecule has 0 saturated heterocycles. The van der Waals surface area contributed by atoms with Gasteiger partial charge < -0.3 is 4.57 Å². The molecule has 0 unspecified atom stereocenters. The van der Waals surface area contributed by atoms with Crippen LogP contribution in [0.3, 0.4) is 0 Å². The lowest BCUT2D eigenvalue weighted by molar-refractivity contribution is 0.703. The maximum absolute atomic E-state index is 4.19. The van der Waals surface area contributed by atoms with Crippen molar-refractivity contribution < 1.29 is 0 Å². The van der Waals surface area contributed by atoms with Gasteiger partial charge in [-0.2, -0.15) is 0 Å². The fourth-order valence-corrected chi connectivity index (χ4v) is 1.48. The first-order valence-corrected chi connectivity index (χ1v) is 4.88. The van der Waals surface area contributed by atoms with Gasteiger partial charge in [-0.15, -0.1) is 0 Å². The highest BCUT2D eigenvalue weighted by Crippen LogP contribution is 1.99. The number of hydrogen-bond donors (Lipinski definition) is 0. The third-order valence-electron chi connectivity index (χ3n) is 2.19. The SMILES string of the molecule is CN=c1ncccn1Cc1ccccc1. The quantitative estimate of drug-likeness (QED) is 0.720. The molecule has 0 amide bonds. The molecule has 0 atom stereocenters. The summed E-state index contributed by atoms with van der Waals surface area (Å²) >= 11 is 0. The summed E-state index contributed by atoms with van der Waals surface area (Å²) in [6, 6.07) is 12.2. The lowest BCUT2D eigenvalue weighted by Gasteiger charge is -2.05. The first-order chi connectivity index (χ1) is 7.40. The molecule has 3 heteroatoms. The van der Waals surface area contributed by atoms with Gasteiger partial charge in [0.25, 0.3) is 0 Å². The third-order valence-corrected chi connectivity index (χ3v) is 2.19. The molecule has 0 aliphatic rings. The van der Waals surface area contributed by atoms with Crippen LogP contribution >= 0.6 is 0 Å². The average molecular weight is 199 g/mol. The number of nitrogens with zero attached hydrogens (tertiary/aromatic N) is 3. The summed E-state index contributed by atoms with van der Waals surface area (Å²) in [4.78, 5) is 8.31. The molecule has 2 aromatic rings. The van der Waals surface area contributed by atoms with Crippen molar-refractivity contribution in [2.75, 3.05) is 7.05 Å². The Kier molecular flexibility index (Phi) is 2.93. The number of rotatable bonds is 2. The van der Waals surface area contributed by atoms with E-state index in [0.717, 1.165) is 12.2 Å². The Morgan fingerprint density at radius 3 is 2.73 bits per heavy atom. The molecule has 1 aromatic heterocycles. The van der Waals surface area contributed by atoms with Gasteiger partial charge in [-0.05, 0) is 11.6 Å². The molecule has 15 heavy (non-hydrogen) atoms. The summed E-state index contributed by atoms with van der Waals surface area (Å²) in [5.74, 6) is 0. The van der Waals surface area contributed by atoms with E-state index in [2.05, 4.69) is 22.1 Å². The van der Waals surface area contributed by atoms with Crippen LogP contribution in [0, 0.1) is 0 Å². The summed E-state index contributed by atoms with van der Waals surface area (Å²) in [5, 5.41) is 0. The van der Waals surface area contributed by atoms with Crippen LogP contribution in [0.2, 0.25) is 0 Å². The van der Waals surface area contributed by atoms with Gasteiger partial charge in [-0.25, -0.2) is 4.98 Å². The molecule has 76 valence electrons. The van der Waals surface area contributed by atoms with E-state index in [1.54, 1.807) is 13.2 Å². The molecule has 0 radical (unpaired) electrons. The van der Waals surface area contributed by atoms with Gasteiger partial charge in [0.15, 0.2) is 0 Å². The molecule has 1 heterocycles. The fraction of sp³-hybridized carbons (Fsp3) is 0.167. The van der Waals surface area contributed by atoms with Crippen molar-refractivity contribution in [3.63, 3.8) is 0 Å². The monoisotopic (exact) mass is 199 g/mol. The highest BCUT2D eigenvalue weighted by molar-refractivity contribution is 5.14. The lowest BCUT2D eigenvalue weighted by Crippen LogP contribution is -2.23. The second-order valence-corrected chi connectivity index (χ2v) is 3.26. The van der Waals surface area contributed by atoms with Crippen LogP contribution in [0.15, 0.2) is 53.8 Å². The molecule has 3 nitrogen and oxygen atoms in total. The van der Waals surface area contributed by atoms with E-state index < -0.39 is 0 Å².